The minimum atomic E-state index is -0.503. The predicted octanol–water partition coefficient (Wildman–Crippen LogP) is 1.27. The van der Waals surface area contributed by atoms with E-state index < -0.39 is 5.82 Å². The highest BCUT2D eigenvalue weighted by molar-refractivity contribution is 5.60. The lowest BCUT2D eigenvalue weighted by Gasteiger charge is -2.19. The Labute approximate surface area is 87.4 Å². The molecule has 4 heteroatoms. The van der Waals surface area contributed by atoms with E-state index in [1.807, 2.05) is 11.0 Å². The number of rotatable bonds is 1. The van der Waals surface area contributed by atoms with Crippen molar-refractivity contribution in [1.82, 2.24) is 0 Å². The number of nitriles is 1. The molecule has 1 aliphatic heterocycles. The topological polar surface area (TPSA) is 47.3 Å². The number of aliphatic hydroxyl groups excluding tert-OH is 1. The molecule has 0 aromatic heterocycles. The van der Waals surface area contributed by atoms with E-state index in [-0.39, 0.29) is 11.7 Å². The first-order valence-corrected chi connectivity index (χ1v) is 4.84. The Kier molecular flexibility index (Phi) is 2.57. The molecule has 3 nitrogen and oxygen atoms in total. The SMILES string of the molecule is N#Cc1c(F)cccc1N1CC[C@H](O)C1. The van der Waals surface area contributed by atoms with Crippen LogP contribution < -0.4 is 4.90 Å². The number of benzene rings is 1. The van der Waals surface area contributed by atoms with Crippen LogP contribution in [-0.4, -0.2) is 24.3 Å². The van der Waals surface area contributed by atoms with Gasteiger partial charge in [-0.15, -0.1) is 0 Å². The molecule has 1 saturated heterocycles. The van der Waals surface area contributed by atoms with Gasteiger partial charge in [0, 0.05) is 13.1 Å². The van der Waals surface area contributed by atoms with Gasteiger partial charge in [-0.05, 0) is 18.6 Å². The van der Waals surface area contributed by atoms with Crippen molar-refractivity contribution in [3.05, 3.63) is 29.6 Å². The Hall–Kier alpha value is -1.60. The number of hydrogen-bond acceptors (Lipinski definition) is 3. The smallest absolute Gasteiger partial charge is 0.143 e. The van der Waals surface area contributed by atoms with Crippen LogP contribution in [0.3, 0.4) is 0 Å². The molecular formula is C11H11FN2O. The van der Waals surface area contributed by atoms with Gasteiger partial charge in [0.15, 0.2) is 0 Å². The molecule has 0 unspecified atom stereocenters. The molecule has 78 valence electrons. The fraction of sp³-hybridized carbons (Fsp3) is 0.364. The zero-order valence-corrected chi connectivity index (χ0v) is 8.15. The summed E-state index contributed by atoms with van der Waals surface area (Å²) < 4.78 is 13.3. The molecular weight excluding hydrogens is 195 g/mol. The summed E-state index contributed by atoms with van der Waals surface area (Å²) in [5.74, 6) is -0.503. The maximum atomic E-state index is 13.3. The lowest BCUT2D eigenvalue weighted by Crippen LogP contribution is -2.22. The lowest BCUT2D eigenvalue weighted by molar-refractivity contribution is 0.198. The highest BCUT2D eigenvalue weighted by atomic mass is 19.1. The fourth-order valence-corrected chi connectivity index (χ4v) is 1.85. The van der Waals surface area contributed by atoms with E-state index in [9.17, 15) is 9.50 Å². The van der Waals surface area contributed by atoms with Crippen molar-refractivity contribution in [3.63, 3.8) is 0 Å². The number of anilines is 1. The third kappa shape index (κ3) is 1.79. The summed E-state index contributed by atoms with van der Waals surface area (Å²) >= 11 is 0. The van der Waals surface area contributed by atoms with Crippen molar-refractivity contribution in [2.24, 2.45) is 0 Å². The van der Waals surface area contributed by atoms with Gasteiger partial charge < -0.3 is 10.0 Å². The molecule has 0 saturated carbocycles. The van der Waals surface area contributed by atoms with E-state index in [4.69, 9.17) is 5.26 Å². The predicted molar refractivity (Wildman–Crippen MR) is 54.0 cm³/mol. The van der Waals surface area contributed by atoms with Gasteiger partial charge in [-0.1, -0.05) is 6.07 Å². The molecule has 0 radical (unpaired) electrons. The van der Waals surface area contributed by atoms with Gasteiger partial charge in [0.2, 0.25) is 0 Å². The molecule has 0 amide bonds. The van der Waals surface area contributed by atoms with E-state index in [1.54, 1.807) is 12.1 Å². The Morgan fingerprint density at radius 2 is 2.33 bits per heavy atom. The maximum absolute atomic E-state index is 13.3. The molecule has 1 N–H and O–H groups in total. The van der Waals surface area contributed by atoms with Gasteiger partial charge in [-0.25, -0.2) is 4.39 Å². The standard InChI is InChI=1S/C11H11FN2O/c12-10-2-1-3-11(9(10)6-13)14-5-4-8(15)7-14/h1-3,8,15H,4-5,7H2/t8-/m0/s1. The van der Waals surface area contributed by atoms with Crippen LogP contribution in [0.5, 0.6) is 0 Å². The lowest BCUT2D eigenvalue weighted by atomic mass is 10.1. The van der Waals surface area contributed by atoms with Crippen LogP contribution in [0.25, 0.3) is 0 Å². The summed E-state index contributed by atoms with van der Waals surface area (Å²) in [5, 5.41) is 18.2. The van der Waals surface area contributed by atoms with Gasteiger partial charge in [0.1, 0.15) is 17.4 Å². The summed E-state index contributed by atoms with van der Waals surface area (Å²) in [7, 11) is 0. The van der Waals surface area contributed by atoms with E-state index in [0.717, 1.165) is 0 Å². The Balaban J connectivity index is 2.36. The maximum Gasteiger partial charge on any atom is 0.143 e. The van der Waals surface area contributed by atoms with Crippen LogP contribution in [0, 0.1) is 17.1 Å². The average molecular weight is 206 g/mol. The largest absolute Gasteiger partial charge is 0.391 e. The minimum Gasteiger partial charge on any atom is -0.391 e. The van der Waals surface area contributed by atoms with Crippen LogP contribution in [0.2, 0.25) is 0 Å². The van der Waals surface area contributed by atoms with E-state index in [0.29, 0.717) is 25.2 Å². The molecule has 1 fully saturated rings. The molecule has 1 heterocycles. The van der Waals surface area contributed by atoms with Crippen LogP contribution in [-0.2, 0) is 0 Å². The molecule has 0 aliphatic carbocycles. The Morgan fingerprint density at radius 1 is 1.53 bits per heavy atom. The summed E-state index contributed by atoms with van der Waals surface area (Å²) in [6.45, 7) is 1.14. The van der Waals surface area contributed by atoms with Crippen molar-refractivity contribution in [1.29, 1.82) is 5.26 Å². The first-order chi connectivity index (χ1) is 7.22. The molecule has 1 aromatic carbocycles. The Bertz CT molecular complexity index is 414. The van der Waals surface area contributed by atoms with Crippen LogP contribution in [0.15, 0.2) is 18.2 Å². The van der Waals surface area contributed by atoms with Gasteiger partial charge in [-0.2, -0.15) is 5.26 Å². The molecule has 1 atom stereocenters. The first kappa shape index (κ1) is 9.94. The van der Waals surface area contributed by atoms with E-state index >= 15 is 0 Å². The first-order valence-electron chi connectivity index (χ1n) is 4.84. The second-order valence-electron chi connectivity index (χ2n) is 3.63. The van der Waals surface area contributed by atoms with Crippen molar-refractivity contribution < 1.29 is 9.50 Å². The molecule has 2 rings (SSSR count). The summed E-state index contributed by atoms with van der Waals surface area (Å²) in [5.41, 5.74) is 0.639. The number of halogens is 1. The summed E-state index contributed by atoms with van der Waals surface area (Å²) in [6.07, 6.45) is 0.293. The monoisotopic (exact) mass is 206 g/mol. The number of hydrogen-bond donors (Lipinski definition) is 1. The average Bonchev–Trinajstić information content (AvgIpc) is 2.64. The number of aliphatic hydroxyl groups is 1. The second kappa shape index (κ2) is 3.87. The quantitative estimate of drug-likeness (QED) is 0.752. The zero-order chi connectivity index (χ0) is 10.8. The van der Waals surface area contributed by atoms with Crippen LogP contribution in [0.4, 0.5) is 10.1 Å². The summed E-state index contributed by atoms with van der Waals surface area (Å²) in [4.78, 5) is 1.84. The second-order valence-corrected chi connectivity index (χ2v) is 3.63. The van der Waals surface area contributed by atoms with Crippen molar-refractivity contribution >= 4 is 5.69 Å². The number of nitrogens with zero attached hydrogens (tertiary/aromatic N) is 2. The fourth-order valence-electron chi connectivity index (χ4n) is 1.85. The highest BCUT2D eigenvalue weighted by Crippen LogP contribution is 2.25. The Morgan fingerprint density at radius 3 is 2.93 bits per heavy atom. The zero-order valence-electron chi connectivity index (χ0n) is 8.15. The molecule has 1 aromatic rings. The molecule has 1 aliphatic rings. The van der Waals surface area contributed by atoms with Gasteiger partial charge in [-0.3, -0.25) is 0 Å². The van der Waals surface area contributed by atoms with E-state index in [2.05, 4.69) is 0 Å². The third-order valence-electron chi connectivity index (χ3n) is 2.61. The van der Waals surface area contributed by atoms with E-state index in [1.165, 1.54) is 6.07 Å². The summed E-state index contributed by atoms with van der Waals surface area (Å²) in [6, 6.07) is 6.42. The molecule has 0 bridgehead atoms. The van der Waals surface area contributed by atoms with Crippen LogP contribution >= 0.6 is 0 Å². The van der Waals surface area contributed by atoms with Gasteiger partial charge in [0.05, 0.1) is 11.8 Å². The van der Waals surface area contributed by atoms with Crippen molar-refractivity contribution in [3.8, 4) is 6.07 Å². The number of β-amino-alcohol motifs (C(OH)–C–C–N with tert-alkyl or cyclic N) is 1. The minimum absolute atomic E-state index is 0.0617. The molecule has 15 heavy (non-hydrogen) atoms. The van der Waals surface area contributed by atoms with Gasteiger partial charge >= 0.3 is 0 Å². The highest BCUT2D eigenvalue weighted by Gasteiger charge is 2.23. The van der Waals surface area contributed by atoms with Crippen LogP contribution in [0.1, 0.15) is 12.0 Å². The normalized spacial score (nSPS) is 20.3. The third-order valence-corrected chi connectivity index (χ3v) is 2.61. The molecule has 0 spiro atoms. The van der Waals surface area contributed by atoms with Crippen molar-refractivity contribution in [2.45, 2.75) is 12.5 Å². The van der Waals surface area contributed by atoms with Crippen molar-refractivity contribution in [2.75, 3.05) is 18.0 Å². The van der Waals surface area contributed by atoms with Gasteiger partial charge in [0.25, 0.3) is 0 Å².